The Morgan fingerprint density at radius 2 is 1.92 bits per heavy atom. The number of allylic oxidation sites excluding steroid dienone is 1. The van der Waals surface area contributed by atoms with E-state index in [9.17, 15) is 15.0 Å². The molecule has 4 rings (SSSR count). The molecule has 24 heavy (non-hydrogen) atoms. The first kappa shape index (κ1) is 16.8. The van der Waals surface area contributed by atoms with Gasteiger partial charge in [0.25, 0.3) is 0 Å². The molecule has 3 fully saturated rings. The van der Waals surface area contributed by atoms with Crippen LogP contribution >= 0.6 is 0 Å². The molecule has 8 unspecified atom stereocenters. The minimum absolute atomic E-state index is 0.161. The average Bonchev–Trinajstić information content (AvgIpc) is 2.86. The van der Waals surface area contributed by atoms with E-state index in [4.69, 9.17) is 0 Å². The highest BCUT2D eigenvalue weighted by molar-refractivity contribution is 5.79. The zero-order valence-corrected chi connectivity index (χ0v) is 15.3. The van der Waals surface area contributed by atoms with Crippen LogP contribution in [0.15, 0.2) is 11.6 Å². The predicted molar refractivity (Wildman–Crippen MR) is 93.3 cm³/mol. The molecule has 0 radical (unpaired) electrons. The van der Waals surface area contributed by atoms with Crippen LogP contribution in [0.4, 0.5) is 0 Å². The molecule has 4 aliphatic carbocycles. The number of aliphatic hydroxyl groups is 2. The summed E-state index contributed by atoms with van der Waals surface area (Å²) in [4.78, 5) is 12.2. The van der Waals surface area contributed by atoms with Crippen LogP contribution in [0, 0.1) is 34.5 Å². The van der Waals surface area contributed by atoms with E-state index in [0.29, 0.717) is 30.0 Å². The van der Waals surface area contributed by atoms with Gasteiger partial charge in [-0.25, -0.2) is 0 Å². The second-order valence-electron chi connectivity index (χ2n) is 9.52. The van der Waals surface area contributed by atoms with Crippen molar-refractivity contribution in [1.29, 1.82) is 0 Å². The predicted octanol–water partition coefficient (Wildman–Crippen LogP) is 3.49. The zero-order chi connectivity index (χ0) is 17.3. The summed E-state index contributed by atoms with van der Waals surface area (Å²) in [6.07, 6.45) is 8.26. The molecule has 0 aromatic rings. The molecule has 0 aliphatic heterocycles. The number of fused-ring (bicyclic) bond motifs is 5. The van der Waals surface area contributed by atoms with Gasteiger partial charge in [-0.3, -0.25) is 4.79 Å². The van der Waals surface area contributed by atoms with Crippen molar-refractivity contribution in [1.82, 2.24) is 0 Å². The Labute approximate surface area is 145 Å². The first-order valence-corrected chi connectivity index (χ1v) is 9.84. The van der Waals surface area contributed by atoms with Crippen molar-refractivity contribution in [3.63, 3.8) is 0 Å². The SMILES string of the molecule is CC(=O)C1CCC2C3CC=C4CC(O)CC(O)C4(C)C3CCC12C. The molecule has 134 valence electrons. The van der Waals surface area contributed by atoms with E-state index >= 15 is 0 Å². The molecule has 3 saturated carbocycles. The van der Waals surface area contributed by atoms with Crippen molar-refractivity contribution in [2.75, 3.05) is 0 Å². The molecule has 0 aromatic carbocycles. The molecular weight excluding hydrogens is 300 g/mol. The van der Waals surface area contributed by atoms with Gasteiger partial charge < -0.3 is 10.2 Å². The van der Waals surface area contributed by atoms with Gasteiger partial charge in [-0.2, -0.15) is 0 Å². The van der Waals surface area contributed by atoms with Crippen molar-refractivity contribution < 1.29 is 15.0 Å². The smallest absolute Gasteiger partial charge is 0.133 e. The Morgan fingerprint density at radius 1 is 1.17 bits per heavy atom. The highest BCUT2D eigenvalue weighted by atomic mass is 16.3. The maximum absolute atomic E-state index is 12.2. The fraction of sp³-hybridized carbons (Fsp3) is 0.857. The highest BCUT2D eigenvalue weighted by Crippen LogP contribution is 2.66. The average molecular weight is 332 g/mol. The lowest BCUT2D eigenvalue weighted by molar-refractivity contribution is -0.131. The van der Waals surface area contributed by atoms with Crippen molar-refractivity contribution in [3.05, 3.63) is 11.6 Å². The summed E-state index contributed by atoms with van der Waals surface area (Å²) in [5, 5.41) is 20.9. The van der Waals surface area contributed by atoms with Gasteiger partial charge in [0.05, 0.1) is 12.2 Å². The highest BCUT2D eigenvalue weighted by Gasteiger charge is 2.61. The third-order valence-corrected chi connectivity index (χ3v) is 8.67. The number of hydrogen-bond acceptors (Lipinski definition) is 3. The number of hydrogen-bond donors (Lipinski definition) is 2. The molecule has 0 aromatic heterocycles. The zero-order valence-electron chi connectivity index (χ0n) is 15.3. The third kappa shape index (κ3) is 2.07. The minimum atomic E-state index is -0.435. The number of Topliss-reactive ketones (excluding diaryl/α,β-unsaturated/α-hetero) is 1. The van der Waals surface area contributed by atoms with Crippen LogP contribution < -0.4 is 0 Å². The van der Waals surface area contributed by atoms with Crippen LogP contribution in [0.3, 0.4) is 0 Å². The second-order valence-corrected chi connectivity index (χ2v) is 9.52. The summed E-state index contributed by atoms with van der Waals surface area (Å²) < 4.78 is 0. The third-order valence-electron chi connectivity index (χ3n) is 8.67. The fourth-order valence-electron chi connectivity index (χ4n) is 7.37. The molecule has 4 aliphatic rings. The maximum Gasteiger partial charge on any atom is 0.133 e. The van der Waals surface area contributed by atoms with E-state index in [1.807, 2.05) is 0 Å². The summed E-state index contributed by atoms with van der Waals surface area (Å²) >= 11 is 0. The van der Waals surface area contributed by atoms with Gasteiger partial charge in [0.15, 0.2) is 0 Å². The summed E-state index contributed by atoms with van der Waals surface area (Å²) in [7, 11) is 0. The van der Waals surface area contributed by atoms with E-state index < -0.39 is 12.2 Å². The lowest BCUT2D eigenvalue weighted by Crippen LogP contribution is -2.55. The molecule has 0 saturated heterocycles. The Hall–Kier alpha value is -0.670. The number of aliphatic hydroxyl groups excluding tert-OH is 2. The monoisotopic (exact) mass is 332 g/mol. The molecule has 8 atom stereocenters. The first-order valence-electron chi connectivity index (χ1n) is 9.84. The van der Waals surface area contributed by atoms with Crippen LogP contribution in [0.2, 0.25) is 0 Å². The normalized spacial score (nSPS) is 53.6. The van der Waals surface area contributed by atoms with Crippen molar-refractivity contribution >= 4 is 5.78 Å². The molecule has 0 bridgehead atoms. The maximum atomic E-state index is 12.2. The van der Waals surface area contributed by atoms with Gasteiger partial charge in [0.2, 0.25) is 0 Å². The minimum Gasteiger partial charge on any atom is -0.393 e. The van der Waals surface area contributed by atoms with Crippen LogP contribution in [0.1, 0.15) is 65.7 Å². The van der Waals surface area contributed by atoms with Gasteiger partial charge in [0.1, 0.15) is 5.78 Å². The van der Waals surface area contributed by atoms with E-state index in [-0.39, 0.29) is 16.7 Å². The quantitative estimate of drug-likeness (QED) is 0.723. The van der Waals surface area contributed by atoms with Gasteiger partial charge in [0, 0.05) is 17.8 Å². The molecule has 3 heteroatoms. The first-order chi connectivity index (χ1) is 11.3. The molecule has 0 amide bonds. The van der Waals surface area contributed by atoms with E-state index in [0.717, 1.165) is 32.1 Å². The number of carbonyl (C=O) groups is 1. The number of carbonyl (C=O) groups excluding carboxylic acids is 1. The lowest BCUT2D eigenvalue weighted by atomic mass is 9.46. The van der Waals surface area contributed by atoms with E-state index in [2.05, 4.69) is 19.9 Å². The van der Waals surface area contributed by atoms with Crippen molar-refractivity contribution in [2.45, 2.75) is 77.9 Å². The lowest BCUT2D eigenvalue weighted by Gasteiger charge is -2.59. The second kappa shape index (κ2) is 5.41. The summed E-state index contributed by atoms with van der Waals surface area (Å²) in [6.45, 7) is 6.37. The molecule has 0 spiro atoms. The summed E-state index contributed by atoms with van der Waals surface area (Å²) in [5.74, 6) is 2.31. The van der Waals surface area contributed by atoms with E-state index in [1.165, 1.54) is 12.0 Å². The van der Waals surface area contributed by atoms with Crippen LogP contribution in [-0.4, -0.2) is 28.2 Å². The van der Waals surface area contributed by atoms with Gasteiger partial charge in [-0.05, 0) is 68.6 Å². The van der Waals surface area contributed by atoms with Crippen molar-refractivity contribution in [2.24, 2.45) is 34.5 Å². The number of ketones is 1. The Morgan fingerprint density at radius 3 is 2.62 bits per heavy atom. The largest absolute Gasteiger partial charge is 0.393 e. The molecule has 3 nitrogen and oxygen atoms in total. The van der Waals surface area contributed by atoms with Gasteiger partial charge >= 0.3 is 0 Å². The van der Waals surface area contributed by atoms with Crippen LogP contribution in [0.5, 0.6) is 0 Å². The van der Waals surface area contributed by atoms with E-state index in [1.54, 1.807) is 6.92 Å². The Balaban J connectivity index is 1.69. The van der Waals surface area contributed by atoms with Crippen LogP contribution in [0.25, 0.3) is 0 Å². The topological polar surface area (TPSA) is 57.5 Å². The Bertz CT molecular complexity index is 582. The summed E-state index contributed by atoms with van der Waals surface area (Å²) in [5.41, 5.74) is 1.28. The standard InChI is InChI=1S/C21H32O3/c1-12(22)16-6-7-17-15-5-4-13-10-14(23)11-19(24)21(13,3)18(15)8-9-20(16,17)2/h4,14-19,23-24H,5-11H2,1-3H3. The molecular formula is C21H32O3. The Kier molecular flexibility index (Phi) is 3.78. The van der Waals surface area contributed by atoms with Crippen LogP contribution in [-0.2, 0) is 4.79 Å². The molecule has 0 heterocycles. The summed E-state index contributed by atoms with van der Waals surface area (Å²) in [6, 6.07) is 0. The van der Waals surface area contributed by atoms with Crippen molar-refractivity contribution in [3.8, 4) is 0 Å². The fourth-order valence-corrected chi connectivity index (χ4v) is 7.37. The number of rotatable bonds is 1. The molecule has 2 N–H and O–H groups in total. The van der Waals surface area contributed by atoms with Gasteiger partial charge in [-0.1, -0.05) is 25.5 Å². The van der Waals surface area contributed by atoms with Gasteiger partial charge in [-0.15, -0.1) is 0 Å².